The number of thiophene rings is 1. The summed E-state index contributed by atoms with van der Waals surface area (Å²) in [6.07, 6.45) is 3.99. The van der Waals surface area contributed by atoms with Crippen LogP contribution in [0.4, 0.5) is 0 Å². The van der Waals surface area contributed by atoms with Gasteiger partial charge in [-0.15, -0.1) is 0 Å². The Balaban J connectivity index is 2.05. The van der Waals surface area contributed by atoms with Crippen LogP contribution < -0.4 is 4.72 Å². The highest BCUT2D eigenvalue weighted by Crippen LogP contribution is 2.20. The van der Waals surface area contributed by atoms with E-state index in [0.717, 1.165) is 25.5 Å². The van der Waals surface area contributed by atoms with E-state index in [-0.39, 0.29) is 11.9 Å². The third-order valence-corrected chi connectivity index (χ3v) is 4.61. The van der Waals surface area contributed by atoms with Gasteiger partial charge >= 0.3 is 0 Å². The van der Waals surface area contributed by atoms with Crippen LogP contribution in [0, 0.1) is 0 Å². The Kier molecular flexibility index (Phi) is 4.59. The summed E-state index contributed by atoms with van der Waals surface area (Å²) in [6, 6.07) is 1.76. The van der Waals surface area contributed by atoms with Gasteiger partial charge in [0.25, 0.3) is 5.91 Å². The highest BCUT2D eigenvalue weighted by Gasteiger charge is 2.28. The van der Waals surface area contributed by atoms with E-state index in [1.54, 1.807) is 4.90 Å². The third-order valence-electron chi connectivity index (χ3n) is 3.24. The van der Waals surface area contributed by atoms with Crippen molar-refractivity contribution < 1.29 is 13.2 Å². The van der Waals surface area contributed by atoms with Gasteiger partial charge in [-0.25, -0.2) is 13.1 Å². The highest BCUT2D eigenvalue weighted by molar-refractivity contribution is 7.88. The molecule has 0 bridgehead atoms. The third kappa shape index (κ3) is 4.02. The second-order valence-electron chi connectivity index (χ2n) is 4.78. The average Bonchev–Trinajstić information content (AvgIpc) is 2.89. The molecule has 7 heteroatoms. The molecule has 106 valence electrons. The summed E-state index contributed by atoms with van der Waals surface area (Å²) in [7, 11) is -3.21. The van der Waals surface area contributed by atoms with Crippen molar-refractivity contribution >= 4 is 27.3 Å². The fourth-order valence-corrected chi connectivity index (χ4v) is 3.40. The first-order valence-electron chi connectivity index (χ1n) is 6.25. The zero-order valence-corrected chi connectivity index (χ0v) is 12.5. The van der Waals surface area contributed by atoms with Crippen LogP contribution >= 0.6 is 11.3 Å². The van der Waals surface area contributed by atoms with Gasteiger partial charge in [0.15, 0.2) is 0 Å². The van der Waals surface area contributed by atoms with Crippen molar-refractivity contribution in [2.45, 2.75) is 25.3 Å². The number of hydrogen-bond donors (Lipinski definition) is 1. The van der Waals surface area contributed by atoms with Gasteiger partial charge in [-0.3, -0.25) is 4.79 Å². The number of sulfonamides is 1. The number of amides is 1. The van der Waals surface area contributed by atoms with Crippen molar-refractivity contribution in [3.05, 3.63) is 22.4 Å². The van der Waals surface area contributed by atoms with Crippen LogP contribution in [0.25, 0.3) is 0 Å². The lowest BCUT2D eigenvalue weighted by Crippen LogP contribution is -2.49. The Hall–Kier alpha value is -0.920. The smallest absolute Gasteiger partial charge is 0.254 e. The Morgan fingerprint density at radius 3 is 2.95 bits per heavy atom. The normalized spacial score (nSPS) is 20.5. The van der Waals surface area contributed by atoms with Gasteiger partial charge in [0.05, 0.1) is 11.8 Å². The van der Waals surface area contributed by atoms with Crippen LogP contribution in [-0.2, 0) is 10.0 Å². The van der Waals surface area contributed by atoms with E-state index in [2.05, 4.69) is 4.72 Å². The monoisotopic (exact) mass is 302 g/mol. The molecule has 0 spiro atoms. The van der Waals surface area contributed by atoms with Crippen LogP contribution in [0.5, 0.6) is 0 Å². The summed E-state index contributed by atoms with van der Waals surface area (Å²) in [6.45, 7) is 1.000. The Labute approximate surface area is 117 Å². The van der Waals surface area contributed by atoms with E-state index in [0.29, 0.717) is 18.7 Å². The maximum atomic E-state index is 12.4. The van der Waals surface area contributed by atoms with E-state index in [4.69, 9.17) is 0 Å². The SMILES string of the molecule is CS(=O)(=O)NC[C@@H]1CCCCN1C(=O)c1ccsc1. The standard InChI is InChI=1S/C12H18N2O3S2/c1-19(16,17)13-8-11-4-2-3-6-14(11)12(15)10-5-7-18-9-10/h5,7,9,11,13H,2-4,6,8H2,1H3/t11-/m0/s1. The van der Waals surface area contributed by atoms with Gasteiger partial charge in [0.2, 0.25) is 10.0 Å². The van der Waals surface area contributed by atoms with Gasteiger partial charge < -0.3 is 4.90 Å². The molecule has 0 radical (unpaired) electrons. The first kappa shape index (κ1) is 14.5. The molecule has 0 aromatic carbocycles. The number of rotatable bonds is 4. The molecule has 1 aliphatic heterocycles. The zero-order chi connectivity index (χ0) is 13.9. The molecule has 1 aliphatic rings. The number of nitrogens with zero attached hydrogens (tertiary/aromatic N) is 1. The second kappa shape index (κ2) is 6.02. The molecular formula is C12H18N2O3S2. The Morgan fingerprint density at radius 1 is 1.53 bits per heavy atom. The van der Waals surface area contributed by atoms with E-state index in [1.165, 1.54) is 11.3 Å². The molecule has 0 unspecified atom stereocenters. The minimum atomic E-state index is -3.21. The van der Waals surface area contributed by atoms with Crippen molar-refractivity contribution in [1.82, 2.24) is 9.62 Å². The molecule has 1 N–H and O–H groups in total. The van der Waals surface area contributed by atoms with E-state index in [1.807, 2.05) is 16.8 Å². The van der Waals surface area contributed by atoms with Crippen LogP contribution in [-0.4, -0.2) is 44.6 Å². The number of likely N-dealkylation sites (tertiary alicyclic amines) is 1. The molecule has 5 nitrogen and oxygen atoms in total. The molecule has 2 heterocycles. The predicted molar refractivity (Wildman–Crippen MR) is 75.8 cm³/mol. The lowest BCUT2D eigenvalue weighted by molar-refractivity contribution is 0.0619. The lowest BCUT2D eigenvalue weighted by atomic mass is 10.0. The molecular weight excluding hydrogens is 284 g/mol. The number of carbonyl (C=O) groups is 1. The van der Waals surface area contributed by atoms with E-state index < -0.39 is 10.0 Å². The maximum absolute atomic E-state index is 12.4. The summed E-state index contributed by atoms with van der Waals surface area (Å²) in [4.78, 5) is 14.1. The Bertz CT molecular complexity index is 525. The van der Waals surface area contributed by atoms with Gasteiger partial charge in [0.1, 0.15) is 0 Å². The van der Waals surface area contributed by atoms with Crippen LogP contribution in [0.15, 0.2) is 16.8 Å². The molecule has 1 atom stereocenters. The lowest BCUT2D eigenvalue weighted by Gasteiger charge is -2.35. The quantitative estimate of drug-likeness (QED) is 0.911. The molecule has 1 aromatic heterocycles. The topological polar surface area (TPSA) is 66.5 Å². The summed E-state index contributed by atoms with van der Waals surface area (Å²) in [5.41, 5.74) is 0.691. The predicted octanol–water partition coefficient (Wildman–Crippen LogP) is 1.29. The molecule has 2 rings (SSSR count). The summed E-state index contributed by atoms with van der Waals surface area (Å²) >= 11 is 1.49. The number of hydrogen-bond acceptors (Lipinski definition) is 4. The van der Waals surface area contributed by atoms with Crippen LogP contribution in [0.2, 0.25) is 0 Å². The van der Waals surface area contributed by atoms with E-state index >= 15 is 0 Å². The number of nitrogens with one attached hydrogen (secondary N) is 1. The minimum Gasteiger partial charge on any atom is -0.334 e. The summed E-state index contributed by atoms with van der Waals surface area (Å²) < 4.78 is 24.8. The van der Waals surface area contributed by atoms with Crippen LogP contribution in [0.3, 0.4) is 0 Å². The molecule has 19 heavy (non-hydrogen) atoms. The fourth-order valence-electron chi connectivity index (χ4n) is 2.28. The van der Waals surface area contributed by atoms with Crippen molar-refractivity contribution in [1.29, 1.82) is 0 Å². The zero-order valence-electron chi connectivity index (χ0n) is 10.8. The second-order valence-corrected chi connectivity index (χ2v) is 7.39. The summed E-state index contributed by atoms with van der Waals surface area (Å²) in [5.74, 6) is 0.00116. The molecule has 1 saturated heterocycles. The first-order valence-corrected chi connectivity index (χ1v) is 9.08. The minimum absolute atomic E-state index is 0.00116. The fraction of sp³-hybridized carbons (Fsp3) is 0.583. The Morgan fingerprint density at radius 2 is 2.32 bits per heavy atom. The summed E-state index contributed by atoms with van der Waals surface area (Å²) in [5, 5.41) is 3.71. The van der Waals surface area contributed by atoms with Gasteiger partial charge in [-0.1, -0.05) is 0 Å². The van der Waals surface area contributed by atoms with Crippen molar-refractivity contribution in [3.63, 3.8) is 0 Å². The average molecular weight is 302 g/mol. The molecule has 0 saturated carbocycles. The van der Waals surface area contributed by atoms with Crippen molar-refractivity contribution in [3.8, 4) is 0 Å². The van der Waals surface area contributed by atoms with Crippen molar-refractivity contribution in [2.24, 2.45) is 0 Å². The molecule has 1 amide bonds. The number of carbonyl (C=O) groups excluding carboxylic acids is 1. The van der Waals surface area contributed by atoms with Gasteiger partial charge in [0, 0.05) is 24.5 Å². The largest absolute Gasteiger partial charge is 0.334 e. The first-order chi connectivity index (χ1) is 8.97. The van der Waals surface area contributed by atoms with Crippen molar-refractivity contribution in [2.75, 3.05) is 19.3 Å². The van der Waals surface area contributed by atoms with Crippen LogP contribution in [0.1, 0.15) is 29.6 Å². The molecule has 1 aromatic rings. The highest BCUT2D eigenvalue weighted by atomic mass is 32.2. The van der Waals surface area contributed by atoms with Gasteiger partial charge in [-0.2, -0.15) is 11.3 Å². The van der Waals surface area contributed by atoms with E-state index in [9.17, 15) is 13.2 Å². The molecule has 0 aliphatic carbocycles. The molecule has 1 fully saturated rings. The maximum Gasteiger partial charge on any atom is 0.254 e. The number of piperidine rings is 1. The van der Waals surface area contributed by atoms with Gasteiger partial charge in [-0.05, 0) is 30.7 Å².